The van der Waals surface area contributed by atoms with Crippen molar-refractivity contribution in [3.8, 4) is 0 Å². The van der Waals surface area contributed by atoms with Crippen LogP contribution >= 0.6 is 0 Å². The van der Waals surface area contributed by atoms with Crippen molar-refractivity contribution in [2.45, 2.75) is 83.3 Å². The molecule has 40 heavy (non-hydrogen) atoms. The van der Waals surface area contributed by atoms with Gasteiger partial charge in [0, 0.05) is 16.7 Å². The summed E-state index contributed by atoms with van der Waals surface area (Å²) < 4.78 is 10.9. The summed E-state index contributed by atoms with van der Waals surface area (Å²) in [4.78, 5) is 72.7. The fourth-order valence-electron chi connectivity index (χ4n) is 7.99. The SMILES string of the molecule is C[C@]12C=CC(=O)C=C1CC[C@@H]1[C@@H]2[C@@H](O)C[C@@]2(C)[C@H]1CC[C@]2(OC(=O)CCC(=O)O)C(=O)COC(=O)CCC(=O)O. The molecular weight excluding hydrogens is 524 g/mol. The normalized spacial score (nSPS) is 36.0. The van der Waals surface area contributed by atoms with Gasteiger partial charge in [-0.3, -0.25) is 28.8 Å². The maximum absolute atomic E-state index is 13.8. The molecule has 0 amide bonds. The molecule has 0 unspecified atom stereocenters. The number of hydrogen-bond acceptors (Lipinski definition) is 9. The Bertz CT molecular complexity index is 1180. The monoisotopic (exact) mass is 560 g/mol. The molecule has 0 radical (unpaired) electrons. The second-order valence-electron chi connectivity index (χ2n) is 11.9. The molecule has 0 saturated heterocycles. The number of carbonyl (C=O) groups is 6. The number of hydrogen-bond donors (Lipinski definition) is 3. The van der Waals surface area contributed by atoms with Gasteiger partial charge in [0.15, 0.2) is 18.0 Å². The highest BCUT2D eigenvalue weighted by Gasteiger charge is 2.70. The average Bonchev–Trinajstić information content (AvgIpc) is 3.17. The van der Waals surface area contributed by atoms with Gasteiger partial charge in [0.2, 0.25) is 5.78 Å². The number of aliphatic carboxylic acids is 2. The highest BCUT2D eigenvalue weighted by atomic mass is 16.6. The van der Waals surface area contributed by atoms with Gasteiger partial charge in [-0.25, -0.2) is 0 Å². The molecule has 0 bridgehead atoms. The minimum absolute atomic E-state index is 0.0562. The fraction of sp³-hybridized carbons (Fsp3) is 0.655. The summed E-state index contributed by atoms with van der Waals surface area (Å²) in [7, 11) is 0. The molecule has 3 fully saturated rings. The predicted octanol–water partition coefficient (Wildman–Crippen LogP) is 2.39. The van der Waals surface area contributed by atoms with Crippen LogP contribution in [0, 0.1) is 28.6 Å². The van der Waals surface area contributed by atoms with E-state index in [1.165, 1.54) is 6.08 Å². The molecule has 3 N–H and O–H groups in total. The number of ether oxygens (including phenoxy) is 2. The quantitative estimate of drug-likeness (QED) is 0.334. The van der Waals surface area contributed by atoms with E-state index in [9.17, 15) is 33.9 Å². The van der Waals surface area contributed by atoms with Crippen LogP contribution in [0.3, 0.4) is 0 Å². The molecule has 0 aliphatic heterocycles. The van der Waals surface area contributed by atoms with E-state index in [0.717, 1.165) is 5.57 Å². The van der Waals surface area contributed by atoms with Crippen LogP contribution in [0.4, 0.5) is 0 Å². The summed E-state index contributed by atoms with van der Waals surface area (Å²) in [5, 5.41) is 29.5. The summed E-state index contributed by atoms with van der Waals surface area (Å²) in [5.41, 5.74) is -2.37. The number of ketones is 2. The molecule has 4 aliphatic carbocycles. The van der Waals surface area contributed by atoms with Crippen molar-refractivity contribution >= 4 is 35.4 Å². The second kappa shape index (κ2) is 10.9. The van der Waals surface area contributed by atoms with Gasteiger partial charge >= 0.3 is 23.9 Å². The summed E-state index contributed by atoms with van der Waals surface area (Å²) in [6.45, 7) is 3.07. The van der Waals surface area contributed by atoms with Crippen LogP contribution in [0.15, 0.2) is 23.8 Å². The van der Waals surface area contributed by atoms with E-state index in [4.69, 9.17) is 19.7 Å². The van der Waals surface area contributed by atoms with E-state index in [1.807, 2.05) is 13.0 Å². The first-order valence-corrected chi connectivity index (χ1v) is 13.7. The molecule has 0 aromatic carbocycles. The Morgan fingerprint density at radius 3 is 2.27 bits per heavy atom. The lowest BCUT2D eigenvalue weighted by Crippen LogP contribution is -2.63. The van der Waals surface area contributed by atoms with Crippen LogP contribution < -0.4 is 0 Å². The first-order valence-electron chi connectivity index (χ1n) is 13.7. The molecule has 3 saturated carbocycles. The minimum atomic E-state index is -1.76. The zero-order chi connectivity index (χ0) is 29.5. The Labute approximate surface area is 231 Å². The van der Waals surface area contributed by atoms with Gasteiger partial charge < -0.3 is 24.8 Å². The van der Waals surface area contributed by atoms with Crippen LogP contribution in [-0.4, -0.2) is 69.1 Å². The van der Waals surface area contributed by atoms with Crippen LogP contribution in [0.1, 0.15) is 71.6 Å². The van der Waals surface area contributed by atoms with Gasteiger partial charge in [-0.1, -0.05) is 25.5 Å². The Kier molecular flexibility index (Phi) is 8.08. The standard InChI is InChI=1S/C29H36O11/c1-27-11-9-17(30)13-16(27)3-4-18-19-10-12-29(40-25(38)8-6-23(35)36,28(19,2)14-20(31)26(18)27)21(32)15-39-24(37)7-5-22(33)34/h9,11,13,18-20,26,31H,3-8,10,12,14-15H2,1-2H3,(H,33,34)(H,35,36)/t18-,19-,20-,26+,27-,28-,29-/m0/s1. The van der Waals surface area contributed by atoms with E-state index in [0.29, 0.717) is 19.3 Å². The topological polar surface area (TPSA) is 182 Å². The average molecular weight is 561 g/mol. The molecule has 7 atom stereocenters. The Morgan fingerprint density at radius 1 is 0.975 bits per heavy atom. The minimum Gasteiger partial charge on any atom is -0.481 e. The van der Waals surface area contributed by atoms with E-state index in [1.54, 1.807) is 13.0 Å². The van der Waals surface area contributed by atoms with Crippen molar-refractivity contribution in [2.75, 3.05) is 6.61 Å². The highest BCUT2D eigenvalue weighted by Crippen LogP contribution is 2.68. The van der Waals surface area contributed by atoms with Gasteiger partial charge in [0.1, 0.15) is 0 Å². The van der Waals surface area contributed by atoms with E-state index in [-0.39, 0.29) is 36.4 Å². The lowest BCUT2D eigenvalue weighted by molar-refractivity contribution is -0.201. The molecule has 0 spiro atoms. The highest BCUT2D eigenvalue weighted by molar-refractivity contribution is 6.01. The number of Topliss-reactive ketones (excluding diaryl/α,β-unsaturated/α-hetero) is 1. The van der Waals surface area contributed by atoms with Crippen LogP contribution in [0.25, 0.3) is 0 Å². The van der Waals surface area contributed by atoms with Crippen molar-refractivity contribution in [3.63, 3.8) is 0 Å². The number of esters is 2. The number of aliphatic hydroxyl groups is 1. The zero-order valence-corrected chi connectivity index (χ0v) is 22.7. The largest absolute Gasteiger partial charge is 0.481 e. The number of carboxylic acid groups (broad SMARTS) is 2. The lowest BCUT2D eigenvalue weighted by atomic mass is 9.46. The summed E-state index contributed by atoms with van der Waals surface area (Å²) in [6, 6.07) is 0. The van der Waals surface area contributed by atoms with Crippen molar-refractivity contribution in [1.82, 2.24) is 0 Å². The van der Waals surface area contributed by atoms with E-state index >= 15 is 0 Å². The third-order valence-electron chi connectivity index (χ3n) is 9.80. The van der Waals surface area contributed by atoms with Crippen LogP contribution in [0.2, 0.25) is 0 Å². The molecular formula is C29H36O11. The summed E-state index contributed by atoms with van der Waals surface area (Å²) >= 11 is 0. The Balaban J connectivity index is 1.64. The van der Waals surface area contributed by atoms with E-state index < -0.39 is 84.5 Å². The smallest absolute Gasteiger partial charge is 0.307 e. The van der Waals surface area contributed by atoms with Gasteiger partial charge in [-0.15, -0.1) is 0 Å². The Morgan fingerprint density at radius 2 is 1.62 bits per heavy atom. The number of allylic oxidation sites excluding steroid dienone is 4. The maximum Gasteiger partial charge on any atom is 0.307 e. The number of fused-ring (bicyclic) bond motifs is 5. The number of aliphatic hydroxyl groups excluding tert-OH is 1. The third kappa shape index (κ3) is 5.11. The van der Waals surface area contributed by atoms with Crippen molar-refractivity contribution < 1.29 is 53.6 Å². The molecule has 4 aliphatic rings. The molecule has 11 nitrogen and oxygen atoms in total. The first kappa shape index (κ1) is 29.6. The number of rotatable bonds is 10. The molecule has 11 heteroatoms. The molecule has 0 aromatic rings. The first-order chi connectivity index (χ1) is 18.7. The van der Waals surface area contributed by atoms with Crippen molar-refractivity contribution in [3.05, 3.63) is 23.8 Å². The molecule has 218 valence electrons. The van der Waals surface area contributed by atoms with Crippen molar-refractivity contribution in [1.29, 1.82) is 0 Å². The zero-order valence-electron chi connectivity index (χ0n) is 22.7. The maximum atomic E-state index is 13.8. The lowest BCUT2D eigenvalue weighted by Gasteiger charge is -2.59. The van der Waals surface area contributed by atoms with Crippen molar-refractivity contribution in [2.24, 2.45) is 28.6 Å². The number of carbonyl (C=O) groups excluding carboxylic acids is 4. The van der Waals surface area contributed by atoms with Gasteiger partial charge in [0.25, 0.3) is 0 Å². The van der Waals surface area contributed by atoms with Crippen LogP contribution in [-0.2, 0) is 38.2 Å². The van der Waals surface area contributed by atoms with Gasteiger partial charge in [0.05, 0.1) is 31.8 Å². The van der Waals surface area contributed by atoms with Gasteiger partial charge in [-0.05, 0) is 56.1 Å². The molecule has 0 aromatic heterocycles. The van der Waals surface area contributed by atoms with Crippen LogP contribution in [0.5, 0.6) is 0 Å². The van der Waals surface area contributed by atoms with E-state index in [2.05, 4.69) is 0 Å². The second-order valence-corrected chi connectivity index (χ2v) is 11.9. The third-order valence-corrected chi connectivity index (χ3v) is 9.80. The molecule has 4 rings (SSSR count). The Hall–Kier alpha value is -3.34. The fourth-order valence-corrected chi connectivity index (χ4v) is 7.99. The molecule has 0 heterocycles. The number of carboxylic acids is 2. The van der Waals surface area contributed by atoms with Gasteiger partial charge in [-0.2, -0.15) is 0 Å². The predicted molar refractivity (Wildman–Crippen MR) is 137 cm³/mol. The summed E-state index contributed by atoms with van der Waals surface area (Å²) in [6.07, 6.45) is 4.32. The summed E-state index contributed by atoms with van der Waals surface area (Å²) in [5.74, 6) is -5.35.